The molecule has 9 heteroatoms. The van der Waals surface area contributed by atoms with E-state index in [1.165, 1.54) is 0 Å². The van der Waals surface area contributed by atoms with Crippen LogP contribution in [0.5, 0.6) is 0 Å². The highest BCUT2D eigenvalue weighted by atomic mass is 19.4. The first-order valence-electron chi connectivity index (χ1n) is 10.3. The number of aliphatic hydroxyl groups excluding tert-OH is 3. The first kappa shape index (κ1) is 26.9. The normalized spacial score (nSPS) is 13.8. The highest BCUT2D eigenvalue weighted by molar-refractivity contribution is 5.55. The molecule has 0 heterocycles. The molecule has 0 aliphatic carbocycles. The van der Waals surface area contributed by atoms with E-state index in [1.807, 2.05) is 12.1 Å². The molecule has 1 atom stereocenters. The summed E-state index contributed by atoms with van der Waals surface area (Å²) in [6, 6.07) is 10.6. The molecule has 0 spiro atoms. The third kappa shape index (κ3) is 7.58. The number of halogens is 6. The molecular formula is C24H26F6O3. The molecule has 3 nitrogen and oxygen atoms in total. The van der Waals surface area contributed by atoms with Crippen LogP contribution in [0.4, 0.5) is 26.3 Å². The third-order valence-electron chi connectivity index (χ3n) is 5.40. The van der Waals surface area contributed by atoms with Crippen molar-refractivity contribution < 1.29 is 41.7 Å². The molecule has 0 amide bonds. The fourth-order valence-corrected chi connectivity index (χ4v) is 3.60. The molecule has 2 rings (SSSR count). The lowest BCUT2D eigenvalue weighted by Gasteiger charge is -2.25. The summed E-state index contributed by atoms with van der Waals surface area (Å²) in [6.45, 7) is 1.36. The summed E-state index contributed by atoms with van der Waals surface area (Å²) < 4.78 is 76.2. The summed E-state index contributed by atoms with van der Waals surface area (Å²) in [5.41, 5.74) is 4.35. The van der Waals surface area contributed by atoms with Crippen LogP contribution >= 0.6 is 0 Å². The van der Waals surface area contributed by atoms with Crippen molar-refractivity contribution in [2.45, 2.75) is 57.9 Å². The minimum absolute atomic E-state index is 0.152. The fraction of sp³-hybridized carbons (Fsp3) is 0.417. The van der Waals surface area contributed by atoms with Gasteiger partial charge in [0.1, 0.15) is 0 Å². The average Bonchev–Trinajstić information content (AvgIpc) is 2.70. The van der Waals surface area contributed by atoms with Crippen LogP contribution in [0.2, 0.25) is 0 Å². The lowest BCUT2D eigenvalue weighted by Crippen LogP contribution is -2.44. The lowest BCUT2D eigenvalue weighted by atomic mass is 9.96. The summed E-state index contributed by atoms with van der Waals surface area (Å²) in [6.07, 6.45) is -10.2. The number of aryl methyl sites for hydroxylation is 3. The topological polar surface area (TPSA) is 60.7 Å². The van der Waals surface area contributed by atoms with Crippen LogP contribution in [0, 0.1) is 12.8 Å². The van der Waals surface area contributed by atoms with Crippen LogP contribution in [0.15, 0.2) is 42.5 Å². The summed E-state index contributed by atoms with van der Waals surface area (Å²) in [5, 5.41) is 28.2. The fourth-order valence-electron chi connectivity index (χ4n) is 3.60. The molecule has 0 radical (unpaired) electrons. The van der Waals surface area contributed by atoms with Gasteiger partial charge in [0.15, 0.2) is 5.92 Å². The van der Waals surface area contributed by atoms with Crippen LogP contribution in [0.25, 0.3) is 6.08 Å². The van der Waals surface area contributed by atoms with Gasteiger partial charge in [-0.05, 0) is 59.6 Å². The van der Waals surface area contributed by atoms with Gasteiger partial charge in [-0.25, -0.2) is 0 Å². The minimum atomic E-state index is -5.61. The molecule has 0 saturated carbocycles. The number of hydrogen-bond acceptors (Lipinski definition) is 3. The van der Waals surface area contributed by atoms with E-state index in [1.54, 1.807) is 31.2 Å². The maximum atomic E-state index is 12.7. The van der Waals surface area contributed by atoms with Gasteiger partial charge in [0.2, 0.25) is 0 Å². The van der Waals surface area contributed by atoms with E-state index < -0.39 is 24.4 Å². The van der Waals surface area contributed by atoms with Crippen molar-refractivity contribution in [1.29, 1.82) is 0 Å². The number of aliphatic hydroxyl groups is 3. The zero-order chi connectivity index (χ0) is 24.8. The molecule has 0 fully saturated rings. The minimum Gasteiger partial charge on any atom is -0.392 e. The quantitative estimate of drug-likeness (QED) is 0.432. The zero-order valence-corrected chi connectivity index (χ0v) is 17.9. The Kier molecular flexibility index (Phi) is 9.11. The van der Waals surface area contributed by atoms with Crippen molar-refractivity contribution in [1.82, 2.24) is 0 Å². The van der Waals surface area contributed by atoms with Crippen molar-refractivity contribution in [3.05, 3.63) is 75.9 Å². The molecule has 33 heavy (non-hydrogen) atoms. The van der Waals surface area contributed by atoms with Crippen molar-refractivity contribution in [2.75, 3.05) is 0 Å². The van der Waals surface area contributed by atoms with Crippen LogP contribution in [0.1, 0.15) is 39.8 Å². The van der Waals surface area contributed by atoms with Gasteiger partial charge in [-0.1, -0.05) is 48.6 Å². The Balaban J connectivity index is 2.02. The van der Waals surface area contributed by atoms with Gasteiger partial charge in [-0.3, -0.25) is 0 Å². The van der Waals surface area contributed by atoms with E-state index in [2.05, 4.69) is 0 Å². The number of alkyl halides is 6. The Labute approximate surface area is 188 Å². The van der Waals surface area contributed by atoms with Crippen LogP contribution in [-0.2, 0) is 26.1 Å². The average molecular weight is 476 g/mol. The Morgan fingerprint density at radius 1 is 0.818 bits per heavy atom. The molecule has 0 saturated heterocycles. The largest absolute Gasteiger partial charge is 0.403 e. The summed E-state index contributed by atoms with van der Waals surface area (Å²) in [5.74, 6) is -3.85. The van der Waals surface area contributed by atoms with E-state index in [0.717, 1.165) is 30.0 Å². The molecule has 0 aliphatic rings. The van der Waals surface area contributed by atoms with E-state index >= 15 is 0 Å². The summed E-state index contributed by atoms with van der Waals surface area (Å²) in [7, 11) is 0. The van der Waals surface area contributed by atoms with Gasteiger partial charge in [0, 0.05) is 0 Å². The molecule has 0 bridgehead atoms. The number of hydrogen-bond donors (Lipinski definition) is 3. The van der Waals surface area contributed by atoms with Gasteiger partial charge in [0.25, 0.3) is 0 Å². The second kappa shape index (κ2) is 11.2. The highest BCUT2D eigenvalue weighted by Crippen LogP contribution is 2.41. The van der Waals surface area contributed by atoms with E-state index in [0.29, 0.717) is 34.8 Å². The van der Waals surface area contributed by atoms with Crippen LogP contribution in [0.3, 0.4) is 0 Å². The first-order chi connectivity index (χ1) is 15.4. The second-order valence-corrected chi connectivity index (χ2v) is 7.87. The third-order valence-corrected chi connectivity index (χ3v) is 5.40. The summed E-state index contributed by atoms with van der Waals surface area (Å²) in [4.78, 5) is 0. The molecule has 2 aromatic carbocycles. The maximum absolute atomic E-state index is 12.7. The van der Waals surface area contributed by atoms with E-state index in [9.17, 15) is 41.7 Å². The van der Waals surface area contributed by atoms with Crippen molar-refractivity contribution in [3.63, 3.8) is 0 Å². The highest BCUT2D eigenvalue weighted by Gasteiger charge is 2.59. The standard InChI is InChI=1S/C24H26F6O3/c1-15-11-16(3-2-4-17-6-8-19(13-31)20(12-17)14-32)5-7-18(15)9-10-21(33)22(23(25,26)27)24(28,29)30/h5-12,21-22,31-33H,2-4,13-14H2,1H3. The van der Waals surface area contributed by atoms with E-state index in [4.69, 9.17) is 0 Å². The maximum Gasteiger partial charge on any atom is 0.403 e. The second-order valence-electron chi connectivity index (χ2n) is 7.87. The lowest BCUT2D eigenvalue weighted by molar-refractivity contribution is -0.300. The molecule has 0 aromatic heterocycles. The molecule has 1 unspecified atom stereocenters. The van der Waals surface area contributed by atoms with Crippen molar-refractivity contribution >= 4 is 6.08 Å². The monoisotopic (exact) mass is 476 g/mol. The number of rotatable bonds is 9. The van der Waals surface area contributed by atoms with Gasteiger partial charge < -0.3 is 15.3 Å². The van der Waals surface area contributed by atoms with E-state index in [-0.39, 0.29) is 13.2 Å². The Morgan fingerprint density at radius 3 is 1.88 bits per heavy atom. The molecule has 182 valence electrons. The SMILES string of the molecule is Cc1cc(CCCc2ccc(CO)c(CO)c2)ccc1C=CC(O)C(C(F)(F)F)C(F)(F)F. The molecule has 2 aromatic rings. The smallest absolute Gasteiger partial charge is 0.392 e. The Hall–Kier alpha value is -2.36. The predicted molar refractivity (Wildman–Crippen MR) is 112 cm³/mol. The Bertz CT molecular complexity index is 936. The van der Waals surface area contributed by atoms with Gasteiger partial charge in [-0.2, -0.15) is 26.3 Å². The Morgan fingerprint density at radius 2 is 1.36 bits per heavy atom. The zero-order valence-electron chi connectivity index (χ0n) is 17.9. The van der Waals surface area contributed by atoms with Gasteiger partial charge >= 0.3 is 12.4 Å². The van der Waals surface area contributed by atoms with Crippen molar-refractivity contribution in [2.24, 2.45) is 5.92 Å². The predicted octanol–water partition coefficient (Wildman–Crippen LogP) is 5.27. The van der Waals surface area contributed by atoms with Gasteiger partial charge in [0.05, 0.1) is 19.3 Å². The van der Waals surface area contributed by atoms with Crippen LogP contribution in [-0.4, -0.2) is 33.8 Å². The summed E-state index contributed by atoms with van der Waals surface area (Å²) >= 11 is 0. The first-order valence-corrected chi connectivity index (χ1v) is 10.3. The molecule has 0 aliphatic heterocycles. The molecule has 3 N–H and O–H groups in total. The van der Waals surface area contributed by atoms with Crippen LogP contribution < -0.4 is 0 Å². The van der Waals surface area contributed by atoms with Gasteiger partial charge in [-0.15, -0.1) is 0 Å². The molecular weight excluding hydrogens is 450 g/mol. The van der Waals surface area contributed by atoms with Crippen molar-refractivity contribution in [3.8, 4) is 0 Å². The number of benzene rings is 2.